The summed E-state index contributed by atoms with van der Waals surface area (Å²) in [5, 5.41) is 9.57. The molecule has 2 aromatic rings. The number of carbonyl (C=O) groups is 2. The lowest BCUT2D eigenvalue weighted by atomic mass is 9.94. The second-order valence-corrected chi connectivity index (χ2v) is 9.91. The first-order chi connectivity index (χ1) is 16.0. The quantitative estimate of drug-likeness (QED) is 0.621. The average Bonchev–Trinajstić information content (AvgIpc) is 2.75. The summed E-state index contributed by atoms with van der Waals surface area (Å²) in [4.78, 5) is 37.6. The van der Waals surface area contributed by atoms with E-state index in [2.05, 4.69) is 20.9 Å². The van der Waals surface area contributed by atoms with E-state index in [0.717, 1.165) is 16.7 Å². The summed E-state index contributed by atoms with van der Waals surface area (Å²) in [7, 11) is 0. The predicted octanol–water partition coefficient (Wildman–Crippen LogP) is 3.83. The van der Waals surface area contributed by atoms with Gasteiger partial charge in [-0.1, -0.05) is 0 Å². The highest BCUT2D eigenvalue weighted by Gasteiger charge is 2.31. The summed E-state index contributed by atoms with van der Waals surface area (Å²) in [5.41, 5.74) is 3.31. The lowest BCUT2D eigenvalue weighted by molar-refractivity contribution is 0.000530. The Morgan fingerprint density at radius 1 is 1.15 bits per heavy atom. The zero-order valence-corrected chi connectivity index (χ0v) is 20.9. The number of piperazine rings is 1. The molecule has 0 spiro atoms. The summed E-state index contributed by atoms with van der Waals surface area (Å²) in [5.74, 6) is 0.534. The second kappa shape index (κ2) is 10.3. The van der Waals surface area contributed by atoms with Gasteiger partial charge in [0.1, 0.15) is 11.4 Å². The van der Waals surface area contributed by atoms with Gasteiger partial charge in [-0.05, 0) is 70.4 Å². The number of ketones is 1. The standard InChI is InChI=1S/C26H33N5O3/c1-17-15-30(7-8-31(17)25(33)34-26(4,5)6)16-22-10-20(12-27)9-21(18(22)2)11-24(32)23-13-28-19(3)29-14-23/h9-10,13-14,17H,7-8,11,15-16H2,1-6H3/t17-/m0/s1. The summed E-state index contributed by atoms with van der Waals surface area (Å²) in [6, 6.07) is 5.91. The highest BCUT2D eigenvalue weighted by Crippen LogP contribution is 2.23. The van der Waals surface area contributed by atoms with E-state index in [4.69, 9.17) is 4.74 Å². The molecule has 1 aromatic carbocycles. The molecule has 0 unspecified atom stereocenters. The molecule has 0 radical (unpaired) electrons. The van der Waals surface area contributed by atoms with Gasteiger partial charge in [-0.3, -0.25) is 9.69 Å². The Bertz CT molecular complexity index is 1100. The van der Waals surface area contributed by atoms with Crippen molar-refractivity contribution >= 4 is 11.9 Å². The van der Waals surface area contributed by atoms with Crippen LogP contribution in [0.4, 0.5) is 4.79 Å². The van der Waals surface area contributed by atoms with E-state index in [-0.39, 0.29) is 24.3 Å². The molecule has 1 aliphatic rings. The number of aromatic nitrogens is 2. The van der Waals surface area contributed by atoms with Crippen molar-refractivity contribution in [3.05, 3.63) is 58.2 Å². The van der Waals surface area contributed by atoms with Gasteiger partial charge in [0.15, 0.2) is 5.78 Å². The molecule has 1 aliphatic heterocycles. The summed E-state index contributed by atoms with van der Waals surface area (Å²) in [6.45, 7) is 14.0. The molecule has 0 bridgehead atoms. The molecule has 0 N–H and O–H groups in total. The Labute approximate surface area is 201 Å². The maximum absolute atomic E-state index is 12.8. The zero-order chi connectivity index (χ0) is 25.0. The number of rotatable bonds is 5. The van der Waals surface area contributed by atoms with Crippen molar-refractivity contribution in [1.29, 1.82) is 5.26 Å². The monoisotopic (exact) mass is 463 g/mol. The second-order valence-electron chi connectivity index (χ2n) is 9.91. The van der Waals surface area contributed by atoms with E-state index >= 15 is 0 Å². The van der Waals surface area contributed by atoms with Crippen LogP contribution in [0.3, 0.4) is 0 Å². The molecule has 34 heavy (non-hydrogen) atoms. The van der Waals surface area contributed by atoms with Crippen molar-refractivity contribution in [2.24, 2.45) is 0 Å². The first kappa shape index (κ1) is 25.3. The Morgan fingerprint density at radius 2 is 1.79 bits per heavy atom. The molecule has 8 nitrogen and oxygen atoms in total. The van der Waals surface area contributed by atoms with Gasteiger partial charge in [0.05, 0.1) is 17.2 Å². The van der Waals surface area contributed by atoms with Crippen LogP contribution in [0, 0.1) is 25.2 Å². The Morgan fingerprint density at radius 3 is 2.38 bits per heavy atom. The lowest BCUT2D eigenvalue weighted by Crippen LogP contribution is -2.54. The number of nitriles is 1. The first-order valence-electron chi connectivity index (χ1n) is 11.5. The number of amides is 1. The van der Waals surface area contributed by atoms with Gasteiger partial charge in [0.2, 0.25) is 0 Å². The molecule has 3 rings (SSSR count). The largest absolute Gasteiger partial charge is 0.444 e. The Balaban J connectivity index is 1.73. The van der Waals surface area contributed by atoms with E-state index in [9.17, 15) is 14.9 Å². The Hall–Kier alpha value is -3.31. The Kier molecular flexibility index (Phi) is 7.68. The van der Waals surface area contributed by atoms with Gasteiger partial charge in [-0.15, -0.1) is 0 Å². The topological polar surface area (TPSA) is 99.4 Å². The van der Waals surface area contributed by atoms with Crippen molar-refractivity contribution in [2.75, 3.05) is 19.6 Å². The maximum atomic E-state index is 12.8. The van der Waals surface area contributed by atoms with Crippen molar-refractivity contribution in [3.63, 3.8) is 0 Å². The summed E-state index contributed by atoms with van der Waals surface area (Å²) < 4.78 is 5.54. The molecule has 0 aliphatic carbocycles. The summed E-state index contributed by atoms with van der Waals surface area (Å²) in [6.07, 6.45) is 2.98. The van der Waals surface area contributed by atoms with Crippen LogP contribution in [0.15, 0.2) is 24.5 Å². The van der Waals surface area contributed by atoms with Crippen molar-refractivity contribution in [2.45, 2.75) is 66.2 Å². The number of nitrogens with zero attached hydrogens (tertiary/aromatic N) is 5. The lowest BCUT2D eigenvalue weighted by Gasteiger charge is -2.40. The fourth-order valence-corrected chi connectivity index (χ4v) is 4.07. The highest BCUT2D eigenvalue weighted by atomic mass is 16.6. The van der Waals surface area contributed by atoms with Crippen LogP contribution in [0.1, 0.15) is 66.1 Å². The minimum atomic E-state index is -0.526. The molecule has 1 atom stereocenters. The van der Waals surface area contributed by atoms with Crippen LogP contribution < -0.4 is 0 Å². The van der Waals surface area contributed by atoms with Crippen LogP contribution >= 0.6 is 0 Å². The fraction of sp³-hybridized carbons (Fsp3) is 0.500. The number of benzene rings is 1. The van der Waals surface area contributed by atoms with Gasteiger partial charge in [0, 0.05) is 51.0 Å². The van der Waals surface area contributed by atoms with Crippen LogP contribution in [-0.4, -0.2) is 62.9 Å². The molecule has 8 heteroatoms. The number of aryl methyl sites for hydroxylation is 1. The number of carbonyl (C=O) groups excluding carboxylic acids is 2. The zero-order valence-electron chi connectivity index (χ0n) is 20.9. The molecule has 0 saturated carbocycles. The van der Waals surface area contributed by atoms with Crippen LogP contribution in [-0.2, 0) is 17.7 Å². The maximum Gasteiger partial charge on any atom is 0.410 e. The average molecular weight is 464 g/mol. The van der Waals surface area contributed by atoms with E-state index in [1.54, 1.807) is 30.3 Å². The molecular weight excluding hydrogens is 430 g/mol. The third-order valence-electron chi connectivity index (χ3n) is 5.94. The van der Waals surface area contributed by atoms with Crippen LogP contribution in [0.25, 0.3) is 0 Å². The minimum Gasteiger partial charge on any atom is -0.444 e. The van der Waals surface area contributed by atoms with Gasteiger partial charge >= 0.3 is 6.09 Å². The third kappa shape index (κ3) is 6.39. The van der Waals surface area contributed by atoms with Crippen LogP contribution in [0.2, 0.25) is 0 Å². The normalized spacial score (nSPS) is 16.7. The molecule has 1 saturated heterocycles. The fourth-order valence-electron chi connectivity index (χ4n) is 4.07. The number of ether oxygens (including phenoxy) is 1. The van der Waals surface area contributed by atoms with Crippen molar-refractivity contribution in [1.82, 2.24) is 19.8 Å². The van der Waals surface area contributed by atoms with Gasteiger partial charge in [-0.25, -0.2) is 14.8 Å². The van der Waals surface area contributed by atoms with E-state index < -0.39 is 5.60 Å². The van der Waals surface area contributed by atoms with Gasteiger partial charge in [-0.2, -0.15) is 5.26 Å². The van der Waals surface area contributed by atoms with E-state index in [1.165, 1.54) is 0 Å². The smallest absolute Gasteiger partial charge is 0.410 e. The molecular formula is C26H33N5O3. The number of Topliss-reactive ketones (excluding diaryl/α,β-unsaturated/α-hetero) is 1. The minimum absolute atomic E-state index is 0.00522. The summed E-state index contributed by atoms with van der Waals surface area (Å²) >= 11 is 0. The number of hydrogen-bond acceptors (Lipinski definition) is 7. The number of hydrogen-bond donors (Lipinski definition) is 0. The highest BCUT2D eigenvalue weighted by molar-refractivity contribution is 5.97. The molecule has 1 fully saturated rings. The van der Waals surface area contributed by atoms with Gasteiger partial charge in [0.25, 0.3) is 0 Å². The van der Waals surface area contributed by atoms with Gasteiger partial charge < -0.3 is 9.64 Å². The predicted molar refractivity (Wildman–Crippen MR) is 128 cm³/mol. The third-order valence-corrected chi connectivity index (χ3v) is 5.94. The molecule has 1 amide bonds. The first-order valence-corrected chi connectivity index (χ1v) is 11.5. The molecule has 1 aromatic heterocycles. The molecule has 180 valence electrons. The van der Waals surface area contributed by atoms with Crippen LogP contribution in [0.5, 0.6) is 0 Å². The van der Waals surface area contributed by atoms with Crippen molar-refractivity contribution < 1.29 is 14.3 Å². The van der Waals surface area contributed by atoms with E-state index in [1.807, 2.05) is 40.7 Å². The van der Waals surface area contributed by atoms with E-state index in [0.29, 0.717) is 43.1 Å². The van der Waals surface area contributed by atoms with Crippen molar-refractivity contribution in [3.8, 4) is 6.07 Å². The molecule has 2 heterocycles. The SMILES string of the molecule is Cc1ncc(C(=O)Cc2cc(C#N)cc(CN3CCN(C(=O)OC(C)(C)C)[C@@H](C)C3)c2C)cn1.